The van der Waals surface area contributed by atoms with Crippen LogP contribution >= 0.6 is 0 Å². The van der Waals surface area contributed by atoms with Crippen molar-refractivity contribution in [3.63, 3.8) is 0 Å². The maximum Gasteiger partial charge on any atom is 0.303 e. The number of carboxylic acids is 1. The summed E-state index contributed by atoms with van der Waals surface area (Å²) in [4.78, 5) is 22.5. The minimum atomic E-state index is -0.951. The normalized spacial score (nSPS) is 20.1. The van der Waals surface area contributed by atoms with Gasteiger partial charge in [0.2, 0.25) is 0 Å². The molecule has 1 amide bonds. The topological polar surface area (TPSA) is 94.0 Å². The van der Waals surface area contributed by atoms with E-state index < -0.39 is 12.3 Å². The van der Waals surface area contributed by atoms with E-state index in [4.69, 9.17) is 5.11 Å². The molecule has 1 atom stereocenters. The van der Waals surface area contributed by atoms with Gasteiger partial charge in [-0.3, -0.25) is 9.59 Å². The van der Waals surface area contributed by atoms with Gasteiger partial charge in [-0.15, -0.1) is 0 Å². The number of hydrogen-bond donors (Lipinski definition) is 3. The maximum absolute atomic E-state index is 11.9. The lowest BCUT2D eigenvalue weighted by atomic mass is 10.2. The number of nitrogens with one attached hydrogen (secondary N) is 2. The number of carbonyl (C=O) groups is 2. The summed E-state index contributed by atoms with van der Waals surface area (Å²) in [7, 11) is 0. The molecular formula is C14H14N4O3. The van der Waals surface area contributed by atoms with Gasteiger partial charge in [0.1, 0.15) is 5.71 Å². The molecule has 0 aromatic heterocycles. The number of hydrogen-bond acceptors (Lipinski definition) is 5. The van der Waals surface area contributed by atoms with Crippen molar-refractivity contribution in [2.24, 2.45) is 5.10 Å². The fraction of sp³-hybridized carbons (Fsp3) is 0.214. The van der Waals surface area contributed by atoms with Gasteiger partial charge in [0, 0.05) is 6.42 Å². The number of carbonyl (C=O) groups excluding carboxylic acids is 1. The Morgan fingerprint density at radius 3 is 2.76 bits per heavy atom. The molecule has 1 aromatic carbocycles. The summed E-state index contributed by atoms with van der Waals surface area (Å²) in [5.74, 6) is -1.29. The first-order valence-corrected chi connectivity index (χ1v) is 6.56. The first-order chi connectivity index (χ1) is 10.1. The predicted octanol–water partition coefficient (Wildman–Crippen LogP) is 0.524. The summed E-state index contributed by atoms with van der Waals surface area (Å²) >= 11 is 0. The van der Waals surface area contributed by atoms with Gasteiger partial charge in [0.05, 0.1) is 18.3 Å². The monoisotopic (exact) mass is 286 g/mol. The molecule has 1 aromatic rings. The highest BCUT2D eigenvalue weighted by Gasteiger charge is 2.32. The van der Waals surface area contributed by atoms with Gasteiger partial charge in [0.25, 0.3) is 5.91 Å². The molecule has 7 nitrogen and oxygen atoms in total. The Morgan fingerprint density at radius 2 is 2.05 bits per heavy atom. The van der Waals surface area contributed by atoms with E-state index in [1.807, 2.05) is 30.3 Å². The van der Waals surface area contributed by atoms with Gasteiger partial charge < -0.3 is 15.7 Å². The first-order valence-electron chi connectivity index (χ1n) is 6.56. The summed E-state index contributed by atoms with van der Waals surface area (Å²) < 4.78 is 0. The third-order valence-electron chi connectivity index (χ3n) is 3.24. The fourth-order valence-corrected chi connectivity index (χ4v) is 2.20. The second kappa shape index (κ2) is 5.28. The molecule has 0 fully saturated rings. The summed E-state index contributed by atoms with van der Waals surface area (Å²) in [5.41, 5.74) is 2.06. The van der Waals surface area contributed by atoms with Crippen LogP contribution < -0.4 is 10.6 Å². The highest BCUT2D eigenvalue weighted by atomic mass is 16.4. The quantitative estimate of drug-likeness (QED) is 0.750. The van der Waals surface area contributed by atoms with E-state index in [0.29, 0.717) is 0 Å². The number of hydrazone groups is 1. The van der Waals surface area contributed by atoms with Crippen LogP contribution in [0.2, 0.25) is 0 Å². The number of benzene rings is 1. The molecule has 2 aliphatic heterocycles. The van der Waals surface area contributed by atoms with Crippen molar-refractivity contribution in [1.82, 2.24) is 15.6 Å². The largest absolute Gasteiger partial charge is 0.481 e. The zero-order valence-electron chi connectivity index (χ0n) is 11.1. The van der Waals surface area contributed by atoms with Crippen LogP contribution in [-0.2, 0) is 9.59 Å². The Balaban J connectivity index is 1.79. The Bertz CT molecular complexity index is 639. The second-order valence-electron chi connectivity index (χ2n) is 4.75. The number of carboxylic acid groups (broad SMARTS) is 1. The van der Waals surface area contributed by atoms with E-state index in [9.17, 15) is 9.59 Å². The smallest absolute Gasteiger partial charge is 0.303 e. The average molecular weight is 286 g/mol. The van der Waals surface area contributed by atoms with Crippen molar-refractivity contribution in [2.45, 2.75) is 19.1 Å². The van der Waals surface area contributed by atoms with Gasteiger partial charge in [-0.05, 0) is 5.56 Å². The summed E-state index contributed by atoms with van der Waals surface area (Å²) in [6, 6.07) is 9.68. The predicted molar refractivity (Wildman–Crippen MR) is 75.6 cm³/mol. The highest BCUT2D eigenvalue weighted by Crippen LogP contribution is 2.21. The molecule has 7 heteroatoms. The van der Waals surface area contributed by atoms with E-state index in [-0.39, 0.29) is 24.5 Å². The van der Waals surface area contributed by atoms with Crippen molar-refractivity contribution in [3.8, 4) is 0 Å². The van der Waals surface area contributed by atoms with Crippen LogP contribution in [-0.4, -0.2) is 34.0 Å². The molecule has 3 N–H and O–H groups in total. The number of fused-ring (bicyclic) bond motifs is 1. The van der Waals surface area contributed by atoms with Crippen LogP contribution in [0.4, 0.5) is 0 Å². The standard InChI is InChI=1S/C14H14N4O3/c19-12(20)7-6-10-13(21)16-14-15-11(8-18(14)17-10)9-4-2-1-3-5-9/h1-5,8,14-15H,6-7H2,(H,16,21)(H,19,20)/t14-/m0/s1. The van der Waals surface area contributed by atoms with Gasteiger partial charge in [-0.1, -0.05) is 30.3 Å². The lowest BCUT2D eigenvalue weighted by Crippen LogP contribution is -2.54. The molecule has 0 radical (unpaired) electrons. The molecule has 108 valence electrons. The van der Waals surface area contributed by atoms with Crippen molar-refractivity contribution < 1.29 is 14.7 Å². The molecule has 0 unspecified atom stereocenters. The van der Waals surface area contributed by atoms with E-state index in [1.165, 1.54) is 0 Å². The lowest BCUT2D eigenvalue weighted by molar-refractivity contribution is -0.136. The third kappa shape index (κ3) is 2.71. The third-order valence-corrected chi connectivity index (χ3v) is 3.24. The highest BCUT2D eigenvalue weighted by molar-refractivity contribution is 6.39. The molecule has 2 aliphatic rings. The zero-order chi connectivity index (χ0) is 14.8. The molecule has 0 saturated heterocycles. The number of amides is 1. The van der Waals surface area contributed by atoms with Crippen LogP contribution in [0.25, 0.3) is 5.70 Å². The SMILES string of the molecule is O=C(O)CCC1=NN2C=C(c3ccccc3)N[C@H]2NC1=O. The van der Waals surface area contributed by atoms with E-state index in [0.717, 1.165) is 11.3 Å². The maximum atomic E-state index is 11.9. The Labute approximate surface area is 120 Å². The van der Waals surface area contributed by atoms with Crippen molar-refractivity contribution in [3.05, 3.63) is 42.1 Å². The van der Waals surface area contributed by atoms with Crippen molar-refractivity contribution in [1.29, 1.82) is 0 Å². The molecular weight excluding hydrogens is 272 g/mol. The lowest BCUT2D eigenvalue weighted by Gasteiger charge is -2.27. The van der Waals surface area contributed by atoms with Crippen LogP contribution in [0, 0.1) is 0 Å². The van der Waals surface area contributed by atoms with E-state index >= 15 is 0 Å². The summed E-state index contributed by atoms with van der Waals surface area (Å²) in [6.07, 6.45) is 1.35. The molecule has 0 bridgehead atoms. The van der Waals surface area contributed by atoms with E-state index in [2.05, 4.69) is 15.7 Å². The molecule has 3 rings (SSSR count). The summed E-state index contributed by atoms with van der Waals surface area (Å²) in [6.45, 7) is 0. The van der Waals surface area contributed by atoms with Crippen LogP contribution in [0.15, 0.2) is 41.6 Å². The minimum absolute atomic E-state index is 0.110. The summed E-state index contributed by atoms with van der Waals surface area (Å²) in [5, 5.41) is 20.4. The van der Waals surface area contributed by atoms with Gasteiger partial charge in [0.15, 0.2) is 6.29 Å². The number of aliphatic carboxylic acids is 1. The van der Waals surface area contributed by atoms with Crippen LogP contribution in [0.5, 0.6) is 0 Å². The first kappa shape index (κ1) is 13.2. The molecule has 0 spiro atoms. The van der Waals surface area contributed by atoms with Crippen LogP contribution in [0.1, 0.15) is 18.4 Å². The average Bonchev–Trinajstić information content (AvgIpc) is 2.88. The molecule has 0 aliphatic carbocycles. The molecule has 2 heterocycles. The van der Waals surface area contributed by atoms with Crippen molar-refractivity contribution in [2.75, 3.05) is 0 Å². The number of nitrogens with zero attached hydrogens (tertiary/aromatic N) is 2. The second-order valence-corrected chi connectivity index (χ2v) is 4.75. The Morgan fingerprint density at radius 1 is 1.29 bits per heavy atom. The molecule has 0 saturated carbocycles. The van der Waals surface area contributed by atoms with Crippen LogP contribution in [0.3, 0.4) is 0 Å². The zero-order valence-corrected chi connectivity index (χ0v) is 11.1. The van der Waals surface area contributed by atoms with Gasteiger partial charge >= 0.3 is 5.97 Å². The van der Waals surface area contributed by atoms with E-state index in [1.54, 1.807) is 11.2 Å². The Kier molecular flexibility index (Phi) is 3.31. The molecule has 21 heavy (non-hydrogen) atoms. The van der Waals surface area contributed by atoms with Gasteiger partial charge in [-0.25, -0.2) is 5.01 Å². The Hall–Kier alpha value is -2.83. The van der Waals surface area contributed by atoms with Gasteiger partial charge in [-0.2, -0.15) is 5.10 Å². The van der Waals surface area contributed by atoms with Crippen molar-refractivity contribution >= 4 is 23.3 Å². The fourth-order valence-electron chi connectivity index (χ4n) is 2.20. The number of rotatable bonds is 4. The minimum Gasteiger partial charge on any atom is -0.481 e.